The molecule has 0 heterocycles. The van der Waals surface area contributed by atoms with E-state index in [9.17, 15) is 14.7 Å². The van der Waals surface area contributed by atoms with Gasteiger partial charge in [0.1, 0.15) is 6.61 Å². The molecule has 0 aliphatic heterocycles. The summed E-state index contributed by atoms with van der Waals surface area (Å²) in [4.78, 5) is 23.3. The van der Waals surface area contributed by atoms with Crippen molar-refractivity contribution in [2.75, 3.05) is 5.32 Å². The van der Waals surface area contributed by atoms with Gasteiger partial charge in [-0.3, -0.25) is 5.32 Å². The van der Waals surface area contributed by atoms with Crippen molar-refractivity contribution in [2.24, 2.45) is 0 Å². The summed E-state index contributed by atoms with van der Waals surface area (Å²) in [7, 11) is 0. The second-order valence-electron chi connectivity index (χ2n) is 5.04. The third-order valence-corrected chi connectivity index (χ3v) is 4.01. The lowest BCUT2D eigenvalue weighted by molar-refractivity contribution is 0.0695. The number of aryl methyl sites for hydroxylation is 1. The van der Waals surface area contributed by atoms with Crippen molar-refractivity contribution in [3.8, 4) is 0 Å². The Morgan fingerprint density at radius 1 is 1.22 bits per heavy atom. The molecule has 23 heavy (non-hydrogen) atoms. The van der Waals surface area contributed by atoms with Crippen LogP contribution in [-0.2, 0) is 11.3 Å². The topological polar surface area (TPSA) is 75.6 Å². The van der Waals surface area contributed by atoms with Gasteiger partial charge in [-0.25, -0.2) is 9.59 Å². The third kappa shape index (κ3) is 4.10. The second kappa shape index (κ2) is 7.28. The fourth-order valence-electron chi connectivity index (χ4n) is 2.28. The van der Waals surface area contributed by atoms with Crippen molar-refractivity contribution in [3.63, 3.8) is 0 Å². The summed E-state index contributed by atoms with van der Waals surface area (Å²) in [6.45, 7) is 3.49. The zero-order chi connectivity index (χ0) is 17.0. The first-order valence-electron chi connectivity index (χ1n) is 6.91. The first kappa shape index (κ1) is 17.0. The van der Waals surface area contributed by atoms with Gasteiger partial charge in [0.25, 0.3) is 0 Å². The molecule has 2 N–H and O–H groups in total. The number of carboxylic acid groups (broad SMARTS) is 1. The van der Waals surface area contributed by atoms with E-state index in [-0.39, 0.29) is 12.2 Å². The van der Waals surface area contributed by atoms with Crippen LogP contribution in [0.1, 0.15) is 27.0 Å². The van der Waals surface area contributed by atoms with E-state index < -0.39 is 12.1 Å². The van der Waals surface area contributed by atoms with E-state index in [2.05, 4.69) is 21.2 Å². The van der Waals surface area contributed by atoms with Gasteiger partial charge in [-0.15, -0.1) is 0 Å². The van der Waals surface area contributed by atoms with Crippen molar-refractivity contribution in [3.05, 3.63) is 63.1 Å². The van der Waals surface area contributed by atoms with E-state index in [1.165, 1.54) is 0 Å². The number of aromatic carboxylic acids is 1. The normalized spacial score (nSPS) is 10.2. The zero-order valence-corrected chi connectivity index (χ0v) is 14.3. The number of amides is 1. The fourth-order valence-corrected chi connectivity index (χ4v) is 3.02. The molecule has 0 saturated heterocycles. The van der Waals surface area contributed by atoms with E-state index >= 15 is 0 Å². The number of hydrogen-bond donors (Lipinski definition) is 2. The van der Waals surface area contributed by atoms with Gasteiger partial charge in [0.15, 0.2) is 0 Å². The van der Waals surface area contributed by atoms with Gasteiger partial charge in [0, 0.05) is 4.47 Å². The van der Waals surface area contributed by atoms with Crippen molar-refractivity contribution in [1.29, 1.82) is 0 Å². The molecule has 0 spiro atoms. The number of anilines is 1. The molecular weight excluding hydrogens is 362 g/mol. The molecule has 0 atom stereocenters. The summed E-state index contributed by atoms with van der Waals surface area (Å²) in [5, 5.41) is 11.9. The molecule has 2 aromatic rings. The minimum atomic E-state index is -1.03. The van der Waals surface area contributed by atoms with Crippen LogP contribution in [0.5, 0.6) is 0 Å². The molecule has 0 aliphatic rings. The molecule has 0 bridgehead atoms. The first-order valence-corrected chi connectivity index (χ1v) is 7.70. The van der Waals surface area contributed by atoms with Gasteiger partial charge < -0.3 is 9.84 Å². The Morgan fingerprint density at radius 3 is 2.48 bits per heavy atom. The molecule has 1 amide bonds. The molecule has 0 radical (unpaired) electrons. The highest BCUT2D eigenvalue weighted by Gasteiger charge is 2.18. The molecule has 0 saturated carbocycles. The first-order chi connectivity index (χ1) is 10.9. The minimum Gasteiger partial charge on any atom is -0.478 e. The number of hydrogen-bond acceptors (Lipinski definition) is 3. The van der Waals surface area contributed by atoms with Gasteiger partial charge in [-0.2, -0.15) is 0 Å². The second-order valence-corrected chi connectivity index (χ2v) is 5.90. The zero-order valence-electron chi connectivity index (χ0n) is 12.7. The monoisotopic (exact) mass is 377 g/mol. The molecule has 0 unspecified atom stereocenters. The number of halogens is 1. The average Bonchev–Trinajstić information content (AvgIpc) is 2.50. The van der Waals surface area contributed by atoms with Crippen LogP contribution in [-0.4, -0.2) is 17.2 Å². The lowest BCUT2D eigenvalue weighted by Crippen LogP contribution is -2.16. The highest BCUT2D eigenvalue weighted by atomic mass is 79.9. The van der Waals surface area contributed by atoms with Gasteiger partial charge in [-0.05, 0) is 52.5 Å². The number of nitrogens with one attached hydrogen (secondary N) is 1. The van der Waals surface area contributed by atoms with Crippen LogP contribution in [0.3, 0.4) is 0 Å². The highest BCUT2D eigenvalue weighted by Crippen LogP contribution is 2.31. The van der Waals surface area contributed by atoms with E-state index in [1.54, 1.807) is 19.9 Å². The lowest BCUT2D eigenvalue weighted by atomic mass is 10.0. The summed E-state index contributed by atoms with van der Waals surface area (Å²) in [6, 6.07) is 11.0. The maximum atomic E-state index is 12.0. The van der Waals surface area contributed by atoms with Crippen molar-refractivity contribution >= 4 is 33.7 Å². The van der Waals surface area contributed by atoms with E-state index in [0.29, 0.717) is 21.3 Å². The van der Waals surface area contributed by atoms with E-state index in [1.807, 2.05) is 30.3 Å². The summed E-state index contributed by atoms with van der Waals surface area (Å²) >= 11 is 3.34. The largest absolute Gasteiger partial charge is 0.478 e. The minimum absolute atomic E-state index is 0.140. The van der Waals surface area contributed by atoms with Crippen molar-refractivity contribution in [2.45, 2.75) is 20.5 Å². The van der Waals surface area contributed by atoms with E-state index in [4.69, 9.17) is 4.74 Å². The lowest BCUT2D eigenvalue weighted by Gasteiger charge is -2.15. The molecule has 0 fully saturated rings. The van der Waals surface area contributed by atoms with Crippen LogP contribution in [0.2, 0.25) is 0 Å². The maximum absolute atomic E-state index is 12.0. The van der Waals surface area contributed by atoms with Gasteiger partial charge in [0.05, 0.1) is 11.3 Å². The van der Waals surface area contributed by atoms with Crippen LogP contribution >= 0.6 is 15.9 Å². The quantitative estimate of drug-likeness (QED) is 0.821. The Morgan fingerprint density at radius 2 is 1.87 bits per heavy atom. The molecular formula is C17H16BrNO4. The molecule has 120 valence electrons. The Hall–Kier alpha value is -2.34. The van der Waals surface area contributed by atoms with Gasteiger partial charge in [0.2, 0.25) is 0 Å². The number of benzene rings is 2. The Kier molecular flexibility index (Phi) is 5.39. The van der Waals surface area contributed by atoms with Crippen LogP contribution in [0.4, 0.5) is 10.5 Å². The molecule has 0 aliphatic carbocycles. The number of carboxylic acids is 1. The standard InChI is InChI=1S/C17H16BrNO4/c1-10-8-13(18)15(11(2)14(10)16(20)21)19-17(22)23-9-12-6-4-3-5-7-12/h3-8H,9H2,1-2H3,(H,19,22)(H,20,21). The van der Waals surface area contributed by atoms with Crippen molar-refractivity contribution < 1.29 is 19.4 Å². The van der Waals surface area contributed by atoms with Crippen LogP contribution in [0, 0.1) is 13.8 Å². The molecule has 2 rings (SSSR count). The third-order valence-electron chi connectivity index (χ3n) is 3.38. The van der Waals surface area contributed by atoms with Crippen LogP contribution < -0.4 is 5.32 Å². The Bertz CT molecular complexity index is 744. The highest BCUT2D eigenvalue weighted by molar-refractivity contribution is 9.10. The summed E-state index contributed by atoms with van der Waals surface area (Å²) in [5.74, 6) is -1.03. The summed E-state index contributed by atoms with van der Waals surface area (Å²) in [6.07, 6.45) is -0.641. The van der Waals surface area contributed by atoms with Gasteiger partial charge >= 0.3 is 12.1 Å². The SMILES string of the molecule is Cc1cc(Br)c(NC(=O)OCc2ccccc2)c(C)c1C(=O)O. The molecule has 5 nitrogen and oxygen atoms in total. The fraction of sp³-hybridized carbons (Fsp3) is 0.176. The number of rotatable bonds is 4. The Balaban J connectivity index is 2.15. The summed E-state index contributed by atoms with van der Waals surface area (Å²) in [5.41, 5.74) is 2.53. The van der Waals surface area contributed by atoms with Crippen LogP contribution in [0.15, 0.2) is 40.9 Å². The maximum Gasteiger partial charge on any atom is 0.411 e. The predicted molar refractivity (Wildman–Crippen MR) is 90.8 cm³/mol. The summed E-state index contributed by atoms with van der Waals surface area (Å²) < 4.78 is 5.76. The Labute approximate surface area is 142 Å². The van der Waals surface area contributed by atoms with E-state index in [0.717, 1.165) is 5.56 Å². The smallest absolute Gasteiger partial charge is 0.411 e. The predicted octanol–water partition coefficient (Wildman–Crippen LogP) is 4.51. The van der Waals surface area contributed by atoms with Crippen LogP contribution in [0.25, 0.3) is 0 Å². The molecule has 6 heteroatoms. The average molecular weight is 378 g/mol. The number of ether oxygens (including phenoxy) is 1. The molecule has 0 aromatic heterocycles. The molecule has 2 aromatic carbocycles. The number of carbonyl (C=O) groups excluding carboxylic acids is 1. The van der Waals surface area contributed by atoms with Crippen molar-refractivity contribution in [1.82, 2.24) is 0 Å². The van der Waals surface area contributed by atoms with Gasteiger partial charge in [-0.1, -0.05) is 30.3 Å². The number of carbonyl (C=O) groups is 2.